The molecule has 0 fully saturated rings. The van der Waals surface area contributed by atoms with E-state index in [1.807, 2.05) is 5.32 Å². The average molecular weight is 251 g/mol. The lowest BCUT2D eigenvalue weighted by Gasteiger charge is -1.97. The van der Waals surface area contributed by atoms with Gasteiger partial charge in [-0.1, -0.05) is 0 Å². The van der Waals surface area contributed by atoms with Crippen LogP contribution in [-0.4, -0.2) is 33.1 Å². The lowest BCUT2D eigenvalue weighted by molar-refractivity contribution is -0.123. The Morgan fingerprint density at radius 2 is 1.61 bits per heavy atom. The van der Waals surface area contributed by atoms with Crippen LogP contribution in [0.5, 0.6) is 11.5 Å². The Hall–Kier alpha value is -2.83. The number of imide groups is 1. The van der Waals surface area contributed by atoms with E-state index < -0.39 is 11.7 Å². The molecule has 7 heteroatoms. The molecule has 0 atom stereocenters. The van der Waals surface area contributed by atoms with Gasteiger partial charge in [0.05, 0.1) is 0 Å². The Kier molecular flexibility index (Phi) is 4.03. The van der Waals surface area contributed by atoms with Crippen LogP contribution in [0.15, 0.2) is 30.4 Å². The van der Waals surface area contributed by atoms with Gasteiger partial charge < -0.3 is 15.3 Å². The van der Waals surface area contributed by atoms with Gasteiger partial charge in [0.2, 0.25) is 0 Å². The number of carbonyl (C=O) groups is 3. The number of hydrogen-bond acceptors (Lipinski definition) is 5. The molecule has 0 bridgehead atoms. The van der Waals surface area contributed by atoms with Gasteiger partial charge in [0.15, 0.2) is 0 Å². The SMILES string of the molecule is O=C(O)c1ccc(O)cc1O.O=C1C=CC(=O)N1. The van der Waals surface area contributed by atoms with Crippen molar-refractivity contribution in [2.24, 2.45) is 0 Å². The lowest BCUT2D eigenvalue weighted by atomic mass is 10.2. The maximum absolute atomic E-state index is 10.3. The average Bonchev–Trinajstić information content (AvgIpc) is 2.62. The zero-order chi connectivity index (χ0) is 13.7. The molecule has 0 aromatic heterocycles. The minimum Gasteiger partial charge on any atom is -0.508 e. The topological polar surface area (TPSA) is 124 Å². The predicted octanol–water partition coefficient (Wildman–Crippen LogP) is -0.00500. The van der Waals surface area contributed by atoms with Crippen LogP contribution in [0.4, 0.5) is 0 Å². The molecule has 7 nitrogen and oxygen atoms in total. The molecule has 0 aliphatic carbocycles. The van der Waals surface area contributed by atoms with Crippen LogP contribution in [0.25, 0.3) is 0 Å². The molecule has 1 aliphatic heterocycles. The van der Waals surface area contributed by atoms with Gasteiger partial charge >= 0.3 is 5.97 Å². The number of carbonyl (C=O) groups excluding carboxylic acids is 2. The molecular weight excluding hydrogens is 242 g/mol. The molecule has 1 aromatic carbocycles. The van der Waals surface area contributed by atoms with Crippen molar-refractivity contribution in [2.75, 3.05) is 0 Å². The van der Waals surface area contributed by atoms with Gasteiger partial charge in [0.1, 0.15) is 17.1 Å². The highest BCUT2D eigenvalue weighted by Gasteiger charge is 2.08. The third-order valence-corrected chi connectivity index (χ3v) is 1.84. The fourth-order valence-corrected chi connectivity index (χ4v) is 1.06. The number of phenols is 2. The third kappa shape index (κ3) is 3.63. The molecule has 1 aromatic rings. The van der Waals surface area contributed by atoms with E-state index in [0.717, 1.165) is 12.1 Å². The van der Waals surface area contributed by atoms with E-state index in [9.17, 15) is 14.4 Å². The number of hydrogen-bond donors (Lipinski definition) is 4. The van der Waals surface area contributed by atoms with Gasteiger partial charge in [-0.15, -0.1) is 0 Å². The van der Waals surface area contributed by atoms with E-state index in [2.05, 4.69) is 0 Å². The molecule has 1 heterocycles. The minimum absolute atomic E-state index is 0.160. The summed E-state index contributed by atoms with van der Waals surface area (Å²) in [5, 5.41) is 28.1. The number of carboxylic acid groups (broad SMARTS) is 1. The fourth-order valence-electron chi connectivity index (χ4n) is 1.06. The number of nitrogens with one attached hydrogen (secondary N) is 1. The molecule has 4 N–H and O–H groups in total. The minimum atomic E-state index is -1.22. The van der Waals surface area contributed by atoms with E-state index in [1.165, 1.54) is 18.2 Å². The molecule has 0 spiro atoms. The van der Waals surface area contributed by atoms with Crippen LogP contribution in [0.3, 0.4) is 0 Å². The van der Waals surface area contributed by atoms with E-state index in [0.29, 0.717) is 0 Å². The summed E-state index contributed by atoms with van der Waals surface area (Å²) in [6, 6.07) is 3.31. The molecule has 0 saturated heterocycles. The predicted molar refractivity (Wildman–Crippen MR) is 59.0 cm³/mol. The van der Waals surface area contributed by atoms with E-state index in [1.54, 1.807) is 0 Å². The molecule has 2 rings (SSSR count). The van der Waals surface area contributed by atoms with Crippen LogP contribution in [-0.2, 0) is 9.59 Å². The van der Waals surface area contributed by atoms with Crippen molar-refractivity contribution in [3.63, 3.8) is 0 Å². The number of rotatable bonds is 1. The van der Waals surface area contributed by atoms with Gasteiger partial charge in [-0.25, -0.2) is 4.79 Å². The molecule has 1 aliphatic rings. The normalized spacial score (nSPS) is 12.7. The number of benzene rings is 1. The van der Waals surface area contributed by atoms with E-state index in [4.69, 9.17) is 15.3 Å². The maximum Gasteiger partial charge on any atom is 0.339 e. The summed E-state index contributed by atoms with van der Waals surface area (Å²) in [5.74, 6) is -2.47. The first-order valence-electron chi connectivity index (χ1n) is 4.68. The van der Waals surface area contributed by atoms with Crippen LogP contribution in [0, 0.1) is 0 Å². The van der Waals surface area contributed by atoms with E-state index >= 15 is 0 Å². The summed E-state index contributed by atoms with van der Waals surface area (Å²) in [6.07, 6.45) is 2.39. The number of amides is 2. The molecule has 0 saturated carbocycles. The van der Waals surface area contributed by atoms with Crippen molar-refractivity contribution in [2.45, 2.75) is 0 Å². The first-order valence-corrected chi connectivity index (χ1v) is 4.68. The summed E-state index contributed by atoms with van der Waals surface area (Å²) < 4.78 is 0. The van der Waals surface area contributed by atoms with Crippen LogP contribution in [0.2, 0.25) is 0 Å². The molecular formula is C11H9NO6. The van der Waals surface area contributed by atoms with Crippen molar-refractivity contribution >= 4 is 17.8 Å². The second-order valence-corrected chi connectivity index (χ2v) is 3.19. The Balaban J connectivity index is 0.000000199. The van der Waals surface area contributed by atoms with Crippen molar-refractivity contribution in [1.29, 1.82) is 0 Å². The van der Waals surface area contributed by atoms with Gasteiger partial charge in [0.25, 0.3) is 11.8 Å². The number of carboxylic acids is 1. The smallest absolute Gasteiger partial charge is 0.339 e. The number of aromatic carboxylic acids is 1. The summed E-state index contributed by atoms with van der Waals surface area (Å²) in [5.41, 5.74) is -0.220. The highest BCUT2D eigenvalue weighted by atomic mass is 16.4. The first-order chi connectivity index (χ1) is 8.40. The highest BCUT2D eigenvalue weighted by molar-refractivity contribution is 6.12. The quantitative estimate of drug-likeness (QED) is 0.520. The zero-order valence-electron chi connectivity index (χ0n) is 8.95. The Labute approximate surface area is 101 Å². The standard InChI is InChI=1S/C7H6O4.C4H3NO2/c8-4-1-2-5(7(10)11)6(9)3-4;6-3-1-2-4(7)5-3/h1-3,8-9H,(H,10,11);1-2H,(H,5,6,7). The second kappa shape index (κ2) is 5.48. The molecule has 0 unspecified atom stereocenters. The Morgan fingerprint density at radius 1 is 1.06 bits per heavy atom. The molecule has 18 heavy (non-hydrogen) atoms. The first kappa shape index (κ1) is 13.2. The van der Waals surface area contributed by atoms with Crippen LogP contribution < -0.4 is 5.32 Å². The van der Waals surface area contributed by atoms with Crippen molar-refractivity contribution in [3.05, 3.63) is 35.9 Å². The second-order valence-electron chi connectivity index (χ2n) is 3.19. The van der Waals surface area contributed by atoms with Crippen molar-refractivity contribution in [1.82, 2.24) is 5.32 Å². The van der Waals surface area contributed by atoms with Crippen LogP contribution >= 0.6 is 0 Å². The van der Waals surface area contributed by atoms with Gasteiger partial charge in [-0.2, -0.15) is 0 Å². The van der Waals surface area contributed by atoms with Crippen molar-refractivity contribution in [3.8, 4) is 11.5 Å². The summed E-state index contributed by atoms with van der Waals surface area (Å²) in [7, 11) is 0. The maximum atomic E-state index is 10.3. The van der Waals surface area contributed by atoms with Gasteiger partial charge in [0, 0.05) is 18.2 Å². The highest BCUT2D eigenvalue weighted by Crippen LogP contribution is 2.21. The Bertz CT molecular complexity index is 518. The van der Waals surface area contributed by atoms with E-state index in [-0.39, 0.29) is 23.1 Å². The monoisotopic (exact) mass is 251 g/mol. The van der Waals surface area contributed by atoms with Crippen molar-refractivity contribution < 1.29 is 29.7 Å². The number of phenolic OH excluding ortho intramolecular Hbond substituents is 1. The van der Waals surface area contributed by atoms with Gasteiger partial charge in [-0.3, -0.25) is 14.9 Å². The largest absolute Gasteiger partial charge is 0.508 e. The molecule has 2 amide bonds. The summed E-state index contributed by atoms with van der Waals surface area (Å²) in [4.78, 5) is 30.4. The molecule has 0 radical (unpaired) electrons. The summed E-state index contributed by atoms with van der Waals surface area (Å²) in [6.45, 7) is 0. The summed E-state index contributed by atoms with van der Waals surface area (Å²) >= 11 is 0. The van der Waals surface area contributed by atoms with Gasteiger partial charge in [-0.05, 0) is 12.1 Å². The zero-order valence-corrected chi connectivity index (χ0v) is 8.95. The van der Waals surface area contributed by atoms with Crippen LogP contribution in [0.1, 0.15) is 10.4 Å². The molecule has 94 valence electrons. The Morgan fingerprint density at radius 3 is 1.94 bits per heavy atom. The fraction of sp³-hybridized carbons (Fsp3) is 0. The number of aromatic hydroxyl groups is 2. The third-order valence-electron chi connectivity index (χ3n) is 1.84. The lowest BCUT2D eigenvalue weighted by Crippen LogP contribution is -2.19.